The first-order valence-corrected chi connectivity index (χ1v) is 10.9. The molecule has 2 N–H and O–H groups in total. The Labute approximate surface area is 196 Å². The highest BCUT2D eigenvalue weighted by Gasteiger charge is 2.26. The fourth-order valence-electron chi connectivity index (χ4n) is 3.39. The van der Waals surface area contributed by atoms with Gasteiger partial charge < -0.3 is 20.3 Å². The molecule has 10 nitrogen and oxygen atoms in total. The number of carbonyl (C=O) groups excluding carboxylic acids is 2. The number of amides is 2. The van der Waals surface area contributed by atoms with Crippen LogP contribution in [0.1, 0.15) is 29.8 Å². The van der Waals surface area contributed by atoms with Crippen LogP contribution in [0.5, 0.6) is 0 Å². The standard InChI is InChI=1S/C22H26ClN5O5/c1-14(2)20(26-21(29)17-4-3-16(28(31)32)12-18(17)23)22(30)25-13-15-5-6-24-19(11-15)27-7-9-33-10-8-27/h3-6,11-12,14,20H,7-10,13H2,1-2H3,(H,25,30)(H,26,29). The van der Waals surface area contributed by atoms with Crippen molar-refractivity contribution in [2.45, 2.75) is 26.4 Å². The highest BCUT2D eigenvalue weighted by atomic mass is 35.5. The summed E-state index contributed by atoms with van der Waals surface area (Å²) in [5.41, 5.74) is 0.723. The van der Waals surface area contributed by atoms with Crippen LogP contribution in [0.15, 0.2) is 36.5 Å². The Morgan fingerprint density at radius 3 is 2.61 bits per heavy atom. The second-order valence-electron chi connectivity index (χ2n) is 7.96. The predicted molar refractivity (Wildman–Crippen MR) is 123 cm³/mol. The van der Waals surface area contributed by atoms with Crippen LogP contribution in [0.3, 0.4) is 0 Å². The number of pyridine rings is 1. The Bertz CT molecular complexity index is 1030. The molecule has 2 heterocycles. The molecule has 0 aliphatic carbocycles. The van der Waals surface area contributed by atoms with E-state index in [1.54, 1.807) is 6.20 Å². The number of non-ortho nitro benzene ring substituents is 1. The van der Waals surface area contributed by atoms with Crippen molar-refractivity contribution in [3.63, 3.8) is 0 Å². The molecule has 3 rings (SSSR count). The van der Waals surface area contributed by atoms with Crippen LogP contribution >= 0.6 is 11.6 Å². The molecule has 1 unspecified atom stereocenters. The van der Waals surface area contributed by atoms with Crippen molar-refractivity contribution in [2.75, 3.05) is 31.2 Å². The number of nitro benzene ring substituents is 1. The zero-order chi connectivity index (χ0) is 24.0. The summed E-state index contributed by atoms with van der Waals surface area (Å²) in [4.78, 5) is 42.3. The van der Waals surface area contributed by atoms with Gasteiger partial charge in [-0.1, -0.05) is 25.4 Å². The fourth-order valence-corrected chi connectivity index (χ4v) is 3.65. The minimum absolute atomic E-state index is 0.0583. The average Bonchev–Trinajstić information content (AvgIpc) is 2.81. The molecule has 0 spiro atoms. The van der Waals surface area contributed by atoms with Gasteiger partial charge >= 0.3 is 0 Å². The van der Waals surface area contributed by atoms with E-state index in [0.29, 0.717) is 13.2 Å². The Morgan fingerprint density at radius 2 is 1.97 bits per heavy atom. The van der Waals surface area contributed by atoms with Crippen molar-refractivity contribution >= 4 is 34.9 Å². The van der Waals surface area contributed by atoms with Gasteiger partial charge in [0.1, 0.15) is 11.9 Å². The molecule has 1 aliphatic rings. The van der Waals surface area contributed by atoms with Gasteiger partial charge in [-0.15, -0.1) is 0 Å². The molecule has 11 heteroatoms. The summed E-state index contributed by atoms with van der Waals surface area (Å²) in [5, 5.41) is 16.4. The van der Waals surface area contributed by atoms with Crippen LogP contribution in [-0.4, -0.2) is 54.1 Å². The summed E-state index contributed by atoms with van der Waals surface area (Å²) < 4.78 is 5.37. The lowest BCUT2D eigenvalue weighted by molar-refractivity contribution is -0.384. The van der Waals surface area contributed by atoms with Crippen molar-refractivity contribution in [2.24, 2.45) is 5.92 Å². The first kappa shape index (κ1) is 24.4. The van der Waals surface area contributed by atoms with Crippen LogP contribution in [0.2, 0.25) is 5.02 Å². The Hall–Kier alpha value is -3.24. The molecule has 2 aromatic rings. The number of ether oxygens (including phenoxy) is 1. The third-order valence-electron chi connectivity index (χ3n) is 5.26. The molecule has 2 amide bonds. The average molecular weight is 476 g/mol. The monoisotopic (exact) mass is 475 g/mol. The summed E-state index contributed by atoms with van der Waals surface area (Å²) in [6, 6.07) is 6.51. The molecule has 1 fully saturated rings. The smallest absolute Gasteiger partial charge is 0.270 e. The molecule has 1 aromatic heterocycles. The van der Waals surface area contributed by atoms with E-state index in [4.69, 9.17) is 16.3 Å². The Balaban J connectivity index is 1.63. The van der Waals surface area contributed by atoms with Crippen LogP contribution in [-0.2, 0) is 16.1 Å². The second-order valence-corrected chi connectivity index (χ2v) is 8.36. The van der Waals surface area contributed by atoms with Crippen LogP contribution in [0.4, 0.5) is 11.5 Å². The number of nitrogens with one attached hydrogen (secondary N) is 2. The molecule has 1 aromatic carbocycles. The predicted octanol–water partition coefficient (Wildman–Crippen LogP) is 2.55. The number of hydrogen-bond donors (Lipinski definition) is 2. The summed E-state index contributed by atoms with van der Waals surface area (Å²) >= 11 is 6.05. The zero-order valence-corrected chi connectivity index (χ0v) is 19.2. The molecular weight excluding hydrogens is 450 g/mol. The van der Waals surface area contributed by atoms with E-state index in [1.165, 1.54) is 12.1 Å². The lowest BCUT2D eigenvalue weighted by Crippen LogP contribution is -2.49. The van der Waals surface area contributed by atoms with Crippen molar-refractivity contribution in [3.8, 4) is 0 Å². The number of nitro groups is 1. The van der Waals surface area contributed by atoms with Gasteiger partial charge in [-0.05, 0) is 29.7 Å². The number of morpholine rings is 1. The van der Waals surface area contributed by atoms with E-state index < -0.39 is 16.9 Å². The van der Waals surface area contributed by atoms with E-state index >= 15 is 0 Å². The molecule has 0 saturated carbocycles. The Kier molecular flexibility index (Phi) is 8.18. The summed E-state index contributed by atoms with van der Waals surface area (Å²) in [7, 11) is 0. The van der Waals surface area contributed by atoms with Gasteiger partial charge in [-0.2, -0.15) is 0 Å². The van der Waals surface area contributed by atoms with E-state index in [1.807, 2.05) is 26.0 Å². The Morgan fingerprint density at radius 1 is 1.24 bits per heavy atom. The van der Waals surface area contributed by atoms with Gasteiger partial charge in [0, 0.05) is 38.0 Å². The largest absolute Gasteiger partial charge is 0.378 e. The van der Waals surface area contributed by atoms with Crippen molar-refractivity contribution in [3.05, 3.63) is 62.8 Å². The number of nitrogens with zero attached hydrogens (tertiary/aromatic N) is 3. The number of halogens is 1. The van der Waals surface area contributed by atoms with Crippen molar-refractivity contribution in [1.82, 2.24) is 15.6 Å². The maximum absolute atomic E-state index is 12.8. The van der Waals surface area contributed by atoms with Crippen molar-refractivity contribution < 1.29 is 19.2 Å². The molecule has 1 atom stereocenters. The van der Waals surface area contributed by atoms with Gasteiger partial charge in [0.25, 0.3) is 11.6 Å². The molecule has 176 valence electrons. The van der Waals surface area contributed by atoms with Gasteiger partial charge in [-0.25, -0.2) is 4.98 Å². The first-order chi connectivity index (χ1) is 15.8. The lowest BCUT2D eigenvalue weighted by Gasteiger charge is -2.28. The molecule has 1 saturated heterocycles. The van der Waals surface area contributed by atoms with Crippen LogP contribution < -0.4 is 15.5 Å². The van der Waals surface area contributed by atoms with Gasteiger partial charge in [0.2, 0.25) is 5.91 Å². The molecular formula is C22H26ClN5O5. The number of carbonyl (C=O) groups is 2. The number of benzene rings is 1. The van der Waals surface area contributed by atoms with Crippen molar-refractivity contribution in [1.29, 1.82) is 0 Å². The number of hydrogen-bond acceptors (Lipinski definition) is 7. The third-order valence-corrected chi connectivity index (χ3v) is 5.57. The molecule has 0 radical (unpaired) electrons. The van der Waals surface area contributed by atoms with Gasteiger partial charge in [0.05, 0.1) is 28.7 Å². The maximum Gasteiger partial charge on any atom is 0.270 e. The lowest BCUT2D eigenvalue weighted by atomic mass is 10.0. The number of rotatable bonds is 8. The summed E-state index contributed by atoms with van der Waals surface area (Å²) in [6.45, 7) is 6.71. The fraction of sp³-hybridized carbons (Fsp3) is 0.409. The van der Waals surface area contributed by atoms with Crippen LogP contribution in [0, 0.1) is 16.0 Å². The normalized spacial score (nSPS) is 14.6. The maximum atomic E-state index is 12.8. The molecule has 33 heavy (non-hydrogen) atoms. The summed E-state index contributed by atoms with van der Waals surface area (Å²) in [6.07, 6.45) is 1.70. The quantitative estimate of drug-likeness (QED) is 0.443. The minimum Gasteiger partial charge on any atom is -0.378 e. The minimum atomic E-state index is -0.815. The zero-order valence-electron chi connectivity index (χ0n) is 18.4. The number of aromatic nitrogens is 1. The topological polar surface area (TPSA) is 127 Å². The van der Waals surface area contributed by atoms with E-state index in [0.717, 1.165) is 30.5 Å². The molecule has 0 bridgehead atoms. The SMILES string of the molecule is CC(C)C(NC(=O)c1ccc([N+](=O)[O-])cc1Cl)C(=O)NCc1ccnc(N2CCOCC2)c1. The first-order valence-electron chi connectivity index (χ1n) is 10.6. The molecule has 1 aliphatic heterocycles. The highest BCUT2D eigenvalue weighted by molar-refractivity contribution is 6.34. The van der Waals surface area contributed by atoms with E-state index in [2.05, 4.69) is 20.5 Å². The van der Waals surface area contributed by atoms with Crippen LogP contribution in [0.25, 0.3) is 0 Å². The van der Waals surface area contributed by atoms with Gasteiger partial charge in [-0.3, -0.25) is 19.7 Å². The van der Waals surface area contributed by atoms with Gasteiger partial charge in [0.15, 0.2) is 0 Å². The van der Waals surface area contributed by atoms with E-state index in [9.17, 15) is 19.7 Å². The highest BCUT2D eigenvalue weighted by Crippen LogP contribution is 2.23. The van der Waals surface area contributed by atoms with E-state index in [-0.39, 0.29) is 34.6 Å². The summed E-state index contributed by atoms with van der Waals surface area (Å²) in [5.74, 6) is -0.304. The third kappa shape index (κ3) is 6.39. The second kappa shape index (κ2) is 11.1. The number of anilines is 1.